The SMILES string of the molecule is O=CCCNCCc1ccccc1. The summed E-state index contributed by atoms with van der Waals surface area (Å²) in [5, 5.41) is 3.20. The fourth-order valence-electron chi connectivity index (χ4n) is 1.16. The average molecular weight is 177 g/mol. The first-order valence-corrected chi connectivity index (χ1v) is 4.62. The van der Waals surface area contributed by atoms with E-state index in [0.717, 1.165) is 25.8 Å². The molecule has 0 atom stereocenters. The van der Waals surface area contributed by atoms with Crippen LogP contribution in [0.15, 0.2) is 30.3 Å². The summed E-state index contributed by atoms with van der Waals surface area (Å²) in [7, 11) is 0. The van der Waals surface area contributed by atoms with Crippen molar-refractivity contribution in [3.8, 4) is 0 Å². The molecule has 1 rings (SSSR count). The molecule has 0 aliphatic carbocycles. The Balaban J connectivity index is 2.10. The van der Waals surface area contributed by atoms with Crippen LogP contribution in [-0.2, 0) is 11.2 Å². The molecule has 0 aliphatic heterocycles. The third-order valence-electron chi connectivity index (χ3n) is 1.87. The van der Waals surface area contributed by atoms with Gasteiger partial charge in [-0.2, -0.15) is 0 Å². The van der Waals surface area contributed by atoms with Crippen LogP contribution in [0.2, 0.25) is 0 Å². The minimum absolute atomic E-state index is 0.606. The first kappa shape index (κ1) is 9.93. The van der Waals surface area contributed by atoms with E-state index in [-0.39, 0.29) is 0 Å². The maximum absolute atomic E-state index is 10.00. The summed E-state index contributed by atoms with van der Waals surface area (Å²) in [5.41, 5.74) is 1.33. The van der Waals surface area contributed by atoms with Crippen molar-refractivity contribution in [2.75, 3.05) is 13.1 Å². The van der Waals surface area contributed by atoms with Crippen molar-refractivity contribution in [2.24, 2.45) is 0 Å². The lowest BCUT2D eigenvalue weighted by molar-refractivity contribution is -0.107. The summed E-state index contributed by atoms with van der Waals surface area (Å²) in [6.07, 6.45) is 2.57. The Labute approximate surface area is 79.0 Å². The van der Waals surface area contributed by atoms with E-state index in [1.807, 2.05) is 18.2 Å². The maximum atomic E-state index is 10.00. The molecule has 0 bridgehead atoms. The molecule has 2 heteroatoms. The van der Waals surface area contributed by atoms with E-state index in [9.17, 15) is 4.79 Å². The van der Waals surface area contributed by atoms with Gasteiger partial charge < -0.3 is 10.1 Å². The third-order valence-corrected chi connectivity index (χ3v) is 1.87. The van der Waals surface area contributed by atoms with E-state index in [1.165, 1.54) is 5.56 Å². The van der Waals surface area contributed by atoms with Crippen molar-refractivity contribution < 1.29 is 4.79 Å². The van der Waals surface area contributed by atoms with E-state index in [0.29, 0.717) is 6.42 Å². The monoisotopic (exact) mass is 177 g/mol. The molecule has 2 nitrogen and oxygen atoms in total. The van der Waals surface area contributed by atoms with Crippen LogP contribution in [0, 0.1) is 0 Å². The van der Waals surface area contributed by atoms with Crippen molar-refractivity contribution in [1.29, 1.82) is 0 Å². The van der Waals surface area contributed by atoms with Gasteiger partial charge in [0.2, 0.25) is 0 Å². The summed E-state index contributed by atoms with van der Waals surface area (Å²) in [6.45, 7) is 1.73. The van der Waals surface area contributed by atoms with Crippen molar-refractivity contribution in [1.82, 2.24) is 5.32 Å². The summed E-state index contributed by atoms with van der Waals surface area (Å²) >= 11 is 0. The minimum Gasteiger partial charge on any atom is -0.316 e. The average Bonchev–Trinajstić information content (AvgIpc) is 2.19. The number of aldehydes is 1. The fraction of sp³-hybridized carbons (Fsp3) is 0.364. The molecule has 1 N–H and O–H groups in total. The highest BCUT2D eigenvalue weighted by Crippen LogP contribution is 1.97. The van der Waals surface area contributed by atoms with Crippen molar-refractivity contribution in [3.05, 3.63) is 35.9 Å². The van der Waals surface area contributed by atoms with Gasteiger partial charge in [-0.15, -0.1) is 0 Å². The predicted octanol–water partition coefficient (Wildman–Crippen LogP) is 1.41. The highest BCUT2D eigenvalue weighted by atomic mass is 16.1. The van der Waals surface area contributed by atoms with Crippen LogP contribution >= 0.6 is 0 Å². The summed E-state index contributed by atoms with van der Waals surface area (Å²) in [6, 6.07) is 10.3. The van der Waals surface area contributed by atoms with Gasteiger partial charge in [0.15, 0.2) is 0 Å². The van der Waals surface area contributed by atoms with Gasteiger partial charge in [0, 0.05) is 13.0 Å². The van der Waals surface area contributed by atoms with Gasteiger partial charge in [0.1, 0.15) is 6.29 Å². The van der Waals surface area contributed by atoms with Gasteiger partial charge in [-0.3, -0.25) is 0 Å². The van der Waals surface area contributed by atoms with Crippen LogP contribution in [0.5, 0.6) is 0 Å². The predicted molar refractivity (Wildman–Crippen MR) is 53.7 cm³/mol. The highest BCUT2D eigenvalue weighted by Gasteiger charge is 1.90. The standard InChI is InChI=1S/C11H15NO/c13-10-4-8-12-9-7-11-5-2-1-3-6-11/h1-3,5-6,10,12H,4,7-9H2. The topological polar surface area (TPSA) is 29.1 Å². The van der Waals surface area contributed by atoms with Crippen molar-refractivity contribution in [2.45, 2.75) is 12.8 Å². The highest BCUT2D eigenvalue weighted by molar-refractivity contribution is 5.49. The molecule has 1 aromatic rings. The maximum Gasteiger partial charge on any atom is 0.121 e. The van der Waals surface area contributed by atoms with E-state index in [1.54, 1.807) is 0 Å². The number of hydrogen-bond donors (Lipinski definition) is 1. The minimum atomic E-state index is 0.606. The molecule has 0 heterocycles. The third kappa shape index (κ3) is 4.43. The quantitative estimate of drug-likeness (QED) is 0.526. The Hall–Kier alpha value is -1.15. The van der Waals surface area contributed by atoms with E-state index in [4.69, 9.17) is 0 Å². The Morgan fingerprint density at radius 2 is 1.92 bits per heavy atom. The number of carbonyl (C=O) groups excluding carboxylic acids is 1. The number of benzene rings is 1. The van der Waals surface area contributed by atoms with Gasteiger partial charge >= 0.3 is 0 Å². The van der Waals surface area contributed by atoms with Crippen molar-refractivity contribution >= 4 is 6.29 Å². The van der Waals surface area contributed by atoms with Crippen LogP contribution in [0.1, 0.15) is 12.0 Å². The van der Waals surface area contributed by atoms with E-state index < -0.39 is 0 Å². The zero-order valence-electron chi connectivity index (χ0n) is 7.70. The normalized spacial score (nSPS) is 9.85. The largest absolute Gasteiger partial charge is 0.316 e. The summed E-state index contributed by atoms with van der Waals surface area (Å²) in [5.74, 6) is 0. The Morgan fingerprint density at radius 1 is 1.15 bits per heavy atom. The molecule has 0 unspecified atom stereocenters. The first-order valence-electron chi connectivity index (χ1n) is 4.62. The smallest absolute Gasteiger partial charge is 0.121 e. The van der Waals surface area contributed by atoms with Crippen LogP contribution in [0.25, 0.3) is 0 Å². The first-order chi connectivity index (χ1) is 6.43. The zero-order chi connectivity index (χ0) is 9.36. The molecule has 0 aliphatic rings. The van der Waals surface area contributed by atoms with Gasteiger partial charge in [-0.05, 0) is 18.5 Å². The second kappa shape index (κ2) is 6.38. The molecule has 0 aromatic heterocycles. The lowest BCUT2D eigenvalue weighted by Gasteiger charge is -2.01. The molecule has 0 amide bonds. The van der Waals surface area contributed by atoms with Gasteiger partial charge in [0.25, 0.3) is 0 Å². The Kier molecular flexibility index (Phi) is 4.87. The molecule has 0 spiro atoms. The van der Waals surface area contributed by atoms with Crippen LogP contribution in [-0.4, -0.2) is 19.4 Å². The second-order valence-electron chi connectivity index (χ2n) is 2.94. The number of rotatable bonds is 6. The molecule has 0 saturated heterocycles. The molecule has 0 saturated carbocycles. The number of hydrogen-bond acceptors (Lipinski definition) is 2. The van der Waals surface area contributed by atoms with Crippen molar-refractivity contribution in [3.63, 3.8) is 0 Å². The molecule has 70 valence electrons. The molecule has 0 fully saturated rings. The molecular weight excluding hydrogens is 162 g/mol. The van der Waals surface area contributed by atoms with Gasteiger partial charge in [-0.25, -0.2) is 0 Å². The molecule has 0 radical (unpaired) electrons. The van der Waals surface area contributed by atoms with E-state index in [2.05, 4.69) is 17.4 Å². The lowest BCUT2D eigenvalue weighted by atomic mass is 10.1. The molecule has 1 aromatic carbocycles. The zero-order valence-corrected chi connectivity index (χ0v) is 7.70. The Bertz CT molecular complexity index is 233. The summed E-state index contributed by atoms with van der Waals surface area (Å²) in [4.78, 5) is 10.00. The molecule has 13 heavy (non-hydrogen) atoms. The number of nitrogens with one attached hydrogen (secondary N) is 1. The lowest BCUT2D eigenvalue weighted by Crippen LogP contribution is -2.18. The fourth-order valence-corrected chi connectivity index (χ4v) is 1.16. The molecular formula is C11H15NO. The van der Waals surface area contributed by atoms with Crippen LogP contribution < -0.4 is 5.32 Å². The second-order valence-corrected chi connectivity index (χ2v) is 2.94. The van der Waals surface area contributed by atoms with Crippen LogP contribution in [0.3, 0.4) is 0 Å². The number of carbonyl (C=O) groups is 1. The summed E-state index contributed by atoms with van der Waals surface area (Å²) < 4.78 is 0. The van der Waals surface area contributed by atoms with Gasteiger partial charge in [-0.1, -0.05) is 30.3 Å². The van der Waals surface area contributed by atoms with Gasteiger partial charge in [0.05, 0.1) is 0 Å². The van der Waals surface area contributed by atoms with E-state index >= 15 is 0 Å². The van der Waals surface area contributed by atoms with Crippen LogP contribution in [0.4, 0.5) is 0 Å². The Morgan fingerprint density at radius 3 is 2.62 bits per heavy atom.